The van der Waals surface area contributed by atoms with Crippen LogP contribution in [0.4, 0.5) is 13.6 Å². The lowest BCUT2D eigenvalue weighted by Gasteiger charge is -2.15. The Labute approximate surface area is 156 Å². The van der Waals surface area contributed by atoms with Gasteiger partial charge in [-0.15, -0.1) is 11.3 Å². The van der Waals surface area contributed by atoms with Crippen molar-refractivity contribution in [2.75, 3.05) is 7.11 Å². The molecule has 0 radical (unpaired) electrons. The highest BCUT2D eigenvalue weighted by atomic mass is 32.2. The van der Waals surface area contributed by atoms with E-state index in [9.17, 15) is 18.4 Å². The zero-order chi connectivity index (χ0) is 18.7. The van der Waals surface area contributed by atoms with Gasteiger partial charge >= 0.3 is 6.61 Å². The van der Waals surface area contributed by atoms with E-state index in [-0.39, 0.29) is 29.2 Å². The molecule has 1 fully saturated rings. The Morgan fingerprint density at radius 3 is 2.69 bits per heavy atom. The lowest BCUT2D eigenvalue weighted by Crippen LogP contribution is -2.27. The molecular formula is C17H13F2NO4S2. The summed E-state index contributed by atoms with van der Waals surface area (Å²) in [4.78, 5) is 27.0. The number of thiophene rings is 1. The molecule has 1 saturated heterocycles. The Morgan fingerprint density at radius 2 is 2.04 bits per heavy atom. The van der Waals surface area contributed by atoms with E-state index >= 15 is 0 Å². The number of nitrogens with zero attached hydrogens (tertiary/aromatic N) is 1. The van der Waals surface area contributed by atoms with Crippen LogP contribution >= 0.6 is 23.1 Å². The van der Waals surface area contributed by atoms with Gasteiger partial charge in [0.05, 0.1) is 18.6 Å². The second kappa shape index (κ2) is 7.88. The molecular weight excluding hydrogens is 384 g/mol. The number of hydrogen-bond donors (Lipinski definition) is 0. The van der Waals surface area contributed by atoms with Crippen LogP contribution in [-0.4, -0.2) is 29.8 Å². The molecule has 1 aromatic carbocycles. The van der Waals surface area contributed by atoms with Crippen molar-refractivity contribution in [1.29, 1.82) is 0 Å². The maximum absolute atomic E-state index is 12.5. The van der Waals surface area contributed by atoms with Gasteiger partial charge in [0.2, 0.25) is 0 Å². The largest absolute Gasteiger partial charge is 0.493 e. The number of carbonyl (C=O) groups excluding carboxylic acids is 2. The molecule has 1 aliphatic heterocycles. The number of methoxy groups -OCH3 is 1. The highest BCUT2D eigenvalue weighted by Gasteiger charge is 2.35. The molecule has 5 nitrogen and oxygen atoms in total. The number of halogens is 2. The molecule has 136 valence electrons. The second-order valence-electron chi connectivity index (χ2n) is 5.15. The van der Waals surface area contributed by atoms with Crippen molar-refractivity contribution >= 4 is 40.3 Å². The predicted octanol–water partition coefficient (Wildman–Crippen LogP) is 4.59. The van der Waals surface area contributed by atoms with E-state index in [1.54, 1.807) is 6.08 Å². The number of amides is 2. The summed E-state index contributed by atoms with van der Waals surface area (Å²) in [6, 6.07) is 8.00. The first-order chi connectivity index (χ1) is 12.5. The third kappa shape index (κ3) is 4.05. The van der Waals surface area contributed by atoms with E-state index in [2.05, 4.69) is 4.74 Å². The van der Waals surface area contributed by atoms with Crippen molar-refractivity contribution in [2.24, 2.45) is 0 Å². The minimum Gasteiger partial charge on any atom is -0.493 e. The Morgan fingerprint density at radius 1 is 1.23 bits per heavy atom. The number of ether oxygens (including phenoxy) is 2. The number of carbonyl (C=O) groups is 2. The SMILES string of the molecule is COc1cc(CN2C(=O)SC(=Cc3cccs3)C2=O)ccc1OC(F)F. The molecule has 2 amide bonds. The third-order valence-electron chi connectivity index (χ3n) is 3.47. The fraction of sp³-hybridized carbons (Fsp3) is 0.176. The maximum atomic E-state index is 12.5. The first-order valence-electron chi connectivity index (χ1n) is 7.38. The quantitative estimate of drug-likeness (QED) is 0.667. The van der Waals surface area contributed by atoms with E-state index in [1.807, 2.05) is 17.5 Å². The molecule has 0 spiro atoms. The normalized spacial score (nSPS) is 16.0. The number of alkyl halides is 2. The minimum atomic E-state index is -2.97. The van der Waals surface area contributed by atoms with Crippen LogP contribution in [-0.2, 0) is 11.3 Å². The van der Waals surface area contributed by atoms with Crippen LogP contribution in [0.5, 0.6) is 11.5 Å². The summed E-state index contributed by atoms with van der Waals surface area (Å²) in [5.74, 6) is -0.401. The first kappa shape index (κ1) is 18.4. The van der Waals surface area contributed by atoms with E-state index in [0.717, 1.165) is 21.5 Å². The number of imide groups is 1. The monoisotopic (exact) mass is 397 g/mol. The van der Waals surface area contributed by atoms with Crippen LogP contribution in [0, 0.1) is 0 Å². The van der Waals surface area contributed by atoms with Crippen molar-refractivity contribution in [3.05, 3.63) is 51.1 Å². The maximum Gasteiger partial charge on any atom is 0.387 e. The van der Waals surface area contributed by atoms with Crippen molar-refractivity contribution in [1.82, 2.24) is 4.90 Å². The van der Waals surface area contributed by atoms with Crippen LogP contribution in [0.1, 0.15) is 10.4 Å². The van der Waals surface area contributed by atoms with Gasteiger partial charge in [-0.2, -0.15) is 8.78 Å². The Bertz CT molecular complexity index is 852. The molecule has 0 atom stereocenters. The minimum absolute atomic E-state index is 0.0117. The van der Waals surface area contributed by atoms with Gasteiger partial charge in [0, 0.05) is 4.88 Å². The van der Waals surface area contributed by atoms with E-state index in [0.29, 0.717) is 10.5 Å². The third-order valence-corrected chi connectivity index (χ3v) is 5.20. The van der Waals surface area contributed by atoms with Gasteiger partial charge in [0.25, 0.3) is 11.1 Å². The molecule has 0 N–H and O–H groups in total. The van der Waals surface area contributed by atoms with E-state index in [4.69, 9.17) is 4.74 Å². The summed E-state index contributed by atoms with van der Waals surface area (Å²) >= 11 is 2.34. The summed E-state index contributed by atoms with van der Waals surface area (Å²) < 4.78 is 34.2. The molecule has 1 aliphatic rings. The van der Waals surface area contributed by atoms with Gasteiger partial charge in [-0.1, -0.05) is 12.1 Å². The molecule has 9 heteroatoms. The van der Waals surface area contributed by atoms with Gasteiger partial charge in [-0.05, 0) is 47.0 Å². The Hall–Kier alpha value is -2.39. The molecule has 0 bridgehead atoms. The van der Waals surface area contributed by atoms with Crippen LogP contribution in [0.2, 0.25) is 0 Å². The standard InChI is InChI=1S/C17H13F2NO4S2/c1-23-13-7-10(4-5-12(13)24-16(18)19)9-20-15(21)14(26-17(20)22)8-11-3-2-6-25-11/h2-8,16H,9H2,1H3. The number of thioether (sulfide) groups is 1. The number of benzene rings is 1. The molecule has 2 heterocycles. The van der Waals surface area contributed by atoms with Crippen LogP contribution in [0.25, 0.3) is 6.08 Å². The Balaban J connectivity index is 1.78. The summed E-state index contributed by atoms with van der Waals surface area (Å²) in [5, 5.41) is 1.50. The average molecular weight is 397 g/mol. The highest BCUT2D eigenvalue weighted by molar-refractivity contribution is 8.18. The summed E-state index contributed by atoms with van der Waals surface area (Å²) in [6.07, 6.45) is 1.68. The van der Waals surface area contributed by atoms with Crippen LogP contribution < -0.4 is 9.47 Å². The van der Waals surface area contributed by atoms with Gasteiger partial charge in [-0.3, -0.25) is 14.5 Å². The fourth-order valence-electron chi connectivity index (χ4n) is 2.33. The molecule has 1 aromatic heterocycles. The summed E-state index contributed by atoms with van der Waals surface area (Å²) in [6.45, 7) is -2.96. The number of hydrogen-bond acceptors (Lipinski definition) is 6. The average Bonchev–Trinajstić information content (AvgIpc) is 3.20. The smallest absolute Gasteiger partial charge is 0.387 e. The van der Waals surface area contributed by atoms with Gasteiger partial charge < -0.3 is 9.47 Å². The van der Waals surface area contributed by atoms with Gasteiger partial charge in [0.15, 0.2) is 11.5 Å². The number of rotatable bonds is 6. The van der Waals surface area contributed by atoms with E-state index in [1.165, 1.54) is 36.6 Å². The lowest BCUT2D eigenvalue weighted by atomic mass is 10.2. The first-order valence-corrected chi connectivity index (χ1v) is 9.08. The fourth-order valence-corrected chi connectivity index (χ4v) is 3.89. The molecule has 0 unspecified atom stereocenters. The molecule has 26 heavy (non-hydrogen) atoms. The molecule has 3 rings (SSSR count). The Kier molecular flexibility index (Phi) is 5.58. The molecule has 0 saturated carbocycles. The highest BCUT2D eigenvalue weighted by Crippen LogP contribution is 2.35. The second-order valence-corrected chi connectivity index (χ2v) is 7.12. The van der Waals surface area contributed by atoms with Crippen molar-refractivity contribution in [3.8, 4) is 11.5 Å². The van der Waals surface area contributed by atoms with Gasteiger partial charge in [-0.25, -0.2) is 0 Å². The van der Waals surface area contributed by atoms with Crippen LogP contribution in [0.3, 0.4) is 0 Å². The molecule has 2 aromatic rings. The van der Waals surface area contributed by atoms with Crippen molar-refractivity contribution in [2.45, 2.75) is 13.2 Å². The predicted molar refractivity (Wildman–Crippen MR) is 95.5 cm³/mol. The van der Waals surface area contributed by atoms with Gasteiger partial charge in [0.1, 0.15) is 0 Å². The molecule has 0 aliphatic carbocycles. The zero-order valence-corrected chi connectivity index (χ0v) is 15.1. The summed E-state index contributed by atoms with van der Waals surface area (Å²) in [5.41, 5.74) is 0.558. The lowest BCUT2D eigenvalue weighted by molar-refractivity contribution is -0.123. The summed E-state index contributed by atoms with van der Waals surface area (Å²) in [7, 11) is 1.32. The van der Waals surface area contributed by atoms with E-state index < -0.39 is 6.61 Å². The van der Waals surface area contributed by atoms with Crippen molar-refractivity contribution < 1.29 is 27.8 Å². The topological polar surface area (TPSA) is 55.8 Å². The zero-order valence-electron chi connectivity index (χ0n) is 13.5. The van der Waals surface area contributed by atoms with Crippen LogP contribution in [0.15, 0.2) is 40.6 Å². The van der Waals surface area contributed by atoms with Crippen molar-refractivity contribution in [3.63, 3.8) is 0 Å².